The van der Waals surface area contributed by atoms with Gasteiger partial charge < -0.3 is 9.15 Å². The fourth-order valence-corrected chi connectivity index (χ4v) is 5.24. The number of methoxy groups -OCH3 is 1. The highest BCUT2D eigenvalue weighted by Gasteiger charge is 2.32. The van der Waals surface area contributed by atoms with Crippen molar-refractivity contribution in [1.82, 2.24) is 14.5 Å². The van der Waals surface area contributed by atoms with E-state index >= 15 is 0 Å². The molecule has 142 valence electrons. The number of hydrogen-bond donors (Lipinski definition) is 0. The largest absolute Gasteiger partial charge is 0.497 e. The molecule has 3 aromatic rings. The number of nitrogens with zero attached hydrogens (tertiary/aromatic N) is 3. The Morgan fingerprint density at radius 2 is 1.89 bits per heavy atom. The highest BCUT2D eigenvalue weighted by Crippen LogP contribution is 2.32. The molecular formula is C18H19N3O4S2. The lowest BCUT2D eigenvalue weighted by atomic mass is 9.98. The fraction of sp³-hybridized carbons (Fsp3) is 0.333. The van der Waals surface area contributed by atoms with Gasteiger partial charge in [-0.25, -0.2) is 8.42 Å². The Balaban J connectivity index is 1.43. The topological polar surface area (TPSA) is 85.5 Å². The van der Waals surface area contributed by atoms with E-state index in [9.17, 15) is 8.42 Å². The maximum absolute atomic E-state index is 12.8. The minimum atomic E-state index is -3.51. The van der Waals surface area contributed by atoms with Crippen LogP contribution in [0.25, 0.3) is 11.5 Å². The Bertz CT molecular complexity index is 990. The standard InChI is InChI=1S/C18H19N3O4S2/c1-24-15-2-4-16(5-3-15)27(22,23)21-9-6-13(7-10-21)17-19-20-18(25-17)14-8-11-26-12-14/h2-5,8,11-13H,6-7,9-10H2,1H3. The van der Waals surface area contributed by atoms with E-state index in [0.717, 1.165) is 5.56 Å². The van der Waals surface area contributed by atoms with Crippen molar-refractivity contribution in [2.75, 3.05) is 20.2 Å². The monoisotopic (exact) mass is 405 g/mol. The summed E-state index contributed by atoms with van der Waals surface area (Å²) in [5, 5.41) is 12.2. The van der Waals surface area contributed by atoms with Crippen LogP contribution in [0.4, 0.5) is 0 Å². The molecular weight excluding hydrogens is 386 g/mol. The van der Waals surface area contributed by atoms with E-state index in [-0.39, 0.29) is 10.8 Å². The molecule has 1 aromatic carbocycles. The summed E-state index contributed by atoms with van der Waals surface area (Å²) in [6.07, 6.45) is 1.31. The minimum Gasteiger partial charge on any atom is -0.497 e. The number of ether oxygens (including phenoxy) is 1. The molecule has 1 fully saturated rings. The summed E-state index contributed by atoms with van der Waals surface area (Å²) in [6.45, 7) is 0.852. The first-order valence-electron chi connectivity index (χ1n) is 8.58. The van der Waals surface area contributed by atoms with E-state index in [0.29, 0.717) is 43.5 Å². The summed E-state index contributed by atoms with van der Waals surface area (Å²) in [5.41, 5.74) is 0.915. The van der Waals surface area contributed by atoms with Crippen LogP contribution in [0.5, 0.6) is 5.75 Å². The quantitative estimate of drug-likeness (QED) is 0.647. The van der Waals surface area contributed by atoms with Crippen LogP contribution in [0.2, 0.25) is 0 Å². The van der Waals surface area contributed by atoms with Gasteiger partial charge in [0.15, 0.2) is 0 Å². The molecule has 0 spiro atoms. The molecule has 0 aliphatic carbocycles. The minimum absolute atomic E-state index is 0.0761. The van der Waals surface area contributed by atoms with Crippen molar-refractivity contribution in [3.63, 3.8) is 0 Å². The van der Waals surface area contributed by atoms with Crippen LogP contribution in [0.1, 0.15) is 24.7 Å². The van der Waals surface area contributed by atoms with Crippen LogP contribution in [0.3, 0.4) is 0 Å². The normalized spacial score (nSPS) is 16.5. The molecule has 2 aromatic heterocycles. The Morgan fingerprint density at radius 1 is 1.15 bits per heavy atom. The van der Waals surface area contributed by atoms with Gasteiger partial charge in [-0.15, -0.1) is 10.2 Å². The van der Waals surface area contributed by atoms with Crippen molar-refractivity contribution in [2.24, 2.45) is 0 Å². The SMILES string of the molecule is COc1ccc(S(=O)(=O)N2CCC(c3nnc(-c4ccsc4)o3)CC2)cc1. The summed E-state index contributed by atoms with van der Waals surface area (Å²) < 4.78 is 38.1. The zero-order valence-electron chi connectivity index (χ0n) is 14.7. The van der Waals surface area contributed by atoms with Crippen LogP contribution >= 0.6 is 11.3 Å². The average Bonchev–Trinajstić information content (AvgIpc) is 3.40. The van der Waals surface area contributed by atoms with Crippen LogP contribution in [0, 0.1) is 0 Å². The van der Waals surface area contributed by atoms with E-state index in [4.69, 9.17) is 9.15 Å². The highest BCUT2D eigenvalue weighted by molar-refractivity contribution is 7.89. The molecule has 1 aliphatic rings. The summed E-state index contributed by atoms with van der Waals surface area (Å²) in [6, 6.07) is 8.40. The van der Waals surface area contributed by atoms with Crippen molar-refractivity contribution in [3.05, 3.63) is 47.0 Å². The Morgan fingerprint density at radius 3 is 2.52 bits per heavy atom. The third-order valence-electron chi connectivity index (χ3n) is 4.71. The third kappa shape index (κ3) is 3.62. The summed E-state index contributed by atoms with van der Waals surface area (Å²) in [5.74, 6) is 1.80. The van der Waals surface area contributed by atoms with Gasteiger partial charge >= 0.3 is 0 Å². The molecule has 27 heavy (non-hydrogen) atoms. The number of rotatable bonds is 5. The molecule has 0 amide bonds. The van der Waals surface area contributed by atoms with E-state index in [1.165, 1.54) is 4.31 Å². The first-order valence-corrected chi connectivity index (χ1v) is 11.0. The molecule has 0 unspecified atom stereocenters. The molecule has 1 saturated heterocycles. The van der Waals surface area contributed by atoms with E-state index in [1.807, 2.05) is 16.8 Å². The van der Waals surface area contributed by atoms with Gasteiger partial charge in [0.2, 0.25) is 21.8 Å². The van der Waals surface area contributed by atoms with Gasteiger partial charge in [0.1, 0.15) is 5.75 Å². The van der Waals surface area contributed by atoms with Crippen LogP contribution < -0.4 is 4.74 Å². The molecule has 7 nitrogen and oxygen atoms in total. The first kappa shape index (κ1) is 18.1. The van der Waals surface area contributed by atoms with Gasteiger partial charge in [-0.3, -0.25) is 0 Å². The second-order valence-corrected chi connectivity index (χ2v) is 9.03. The number of hydrogen-bond acceptors (Lipinski definition) is 7. The summed E-state index contributed by atoms with van der Waals surface area (Å²) in [7, 11) is -1.96. The number of aromatic nitrogens is 2. The zero-order chi connectivity index (χ0) is 18.9. The molecule has 0 bridgehead atoms. The second-order valence-electron chi connectivity index (χ2n) is 6.31. The number of piperidine rings is 1. The van der Waals surface area contributed by atoms with Crippen molar-refractivity contribution in [2.45, 2.75) is 23.7 Å². The Hall–Kier alpha value is -2.23. The van der Waals surface area contributed by atoms with Gasteiger partial charge in [0.05, 0.1) is 12.0 Å². The molecule has 0 saturated carbocycles. The molecule has 0 atom stereocenters. The lowest BCUT2D eigenvalue weighted by molar-refractivity contribution is 0.291. The van der Waals surface area contributed by atoms with Gasteiger partial charge in [-0.1, -0.05) is 0 Å². The van der Waals surface area contributed by atoms with Crippen molar-refractivity contribution < 1.29 is 17.6 Å². The van der Waals surface area contributed by atoms with Crippen molar-refractivity contribution in [3.8, 4) is 17.2 Å². The third-order valence-corrected chi connectivity index (χ3v) is 7.31. The van der Waals surface area contributed by atoms with Gasteiger partial charge in [-0.05, 0) is 48.6 Å². The van der Waals surface area contributed by atoms with Crippen molar-refractivity contribution >= 4 is 21.4 Å². The predicted molar refractivity (Wildman–Crippen MR) is 101 cm³/mol. The van der Waals surface area contributed by atoms with Gasteiger partial charge in [0.25, 0.3) is 0 Å². The molecule has 4 rings (SSSR count). The molecule has 3 heterocycles. The second kappa shape index (κ2) is 7.41. The Labute approximate surface area is 161 Å². The van der Waals surface area contributed by atoms with Crippen LogP contribution in [-0.2, 0) is 10.0 Å². The maximum Gasteiger partial charge on any atom is 0.248 e. The average molecular weight is 406 g/mol. The smallest absolute Gasteiger partial charge is 0.248 e. The van der Waals surface area contributed by atoms with Gasteiger partial charge in [-0.2, -0.15) is 15.6 Å². The van der Waals surface area contributed by atoms with E-state index in [2.05, 4.69) is 10.2 Å². The lowest BCUT2D eigenvalue weighted by Gasteiger charge is -2.29. The number of benzene rings is 1. The summed E-state index contributed by atoms with van der Waals surface area (Å²) >= 11 is 1.57. The van der Waals surface area contributed by atoms with Crippen molar-refractivity contribution in [1.29, 1.82) is 0 Å². The van der Waals surface area contributed by atoms with Crippen LogP contribution in [-0.4, -0.2) is 43.1 Å². The molecule has 0 N–H and O–H groups in total. The fourth-order valence-electron chi connectivity index (χ4n) is 3.14. The molecule has 9 heteroatoms. The first-order chi connectivity index (χ1) is 13.1. The Kier molecular flexibility index (Phi) is 4.98. The number of sulfonamides is 1. The molecule has 0 radical (unpaired) electrons. The zero-order valence-corrected chi connectivity index (χ0v) is 16.4. The summed E-state index contributed by atoms with van der Waals surface area (Å²) in [4.78, 5) is 0.277. The van der Waals surface area contributed by atoms with Gasteiger partial charge in [0, 0.05) is 30.0 Å². The molecule has 1 aliphatic heterocycles. The van der Waals surface area contributed by atoms with E-state index in [1.54, 1.807) is 42.7 Å². The van der Waals surface area contributed by atoms with E-state index < -0.39 is 10.0 Å². The number of thiophene rings is 1. The highest BCUT2D eigenvalue weighted by atomic mass is 32.2. The lowest BCUT2D eigenvalue weighted by Crippen LogP contribution is -2.37. The van der Waals surface area contributed by atoms with Crippen LogP contribution in [0.15, 0.2) is 50.4 Å². The predicted octanol–water partition coefficient (Wildman–Crippen LogP) is 3.38. The maximum atomic E-state index is 12.8.